The molecule has 0 bridgehead atoms. The van der Waals surface area contributed by atoms with Crippen LogP contribution in [0.2, 0.25) is 0 Å². The quantitative estimate of drug-likeness (QED) is 0.853. The second-order valence-electron chi connectivity index (χ2n) is 4.63. The summed E-state index contributed by atoms with van der Waals surface area (Å²) in [6.07, 6.45) is 7.07. The predicted octanol–water partition coefficient (Wildman–Crippen LogP) is 3.16. The largest absolute Gasteiger partial charge is 0.306 e. The SMILES string of the molecule is CCNC1(c2nccs2)CCC(C)CC1. The van der Waals surface area contributed by atoms with Gasteiger partial charge in [0, 0.05) is 11.6 Å². The zero-order valence-electron chi connectivity index (χ0n) is 9.62. The van der Waals surface area contributed by atoms with Gasteiger partial charge in [-0.05, 0) is 38.1 Å². The molecule has 1 aromatic rings. The van der Waals surface area contributed by atoms with Gasteiger partial charge >= 0.3 is 0 Å². The molecule has 15 heavy (non-hydrogen) atoms. The van der Waals surface area contributed by atoms with Crippen LogP contribution in [0.25, 0.3) is 0 Å². The van der Waals surface area contributed by atoms with Gasteiger partial charge in [0.2, 0.25) is 0 Å². The maximum absolute atomic E-state index is 4.51. The molecule has 1 aliphatic rings. The van der Waals surface area contributed by atoms with Crippen molar-refractivity contribution in [2.75, 3.05) is 6.54 Å². The minimum atomic E-state index is 0.190. The van der Waals surface area contributed by atoms with Crippen molar-refractivity contribution in [1.29, 1.82) is 0 Å². The molecule has 2 rings (SSSR count). The molecular formula is C12H20N2S. The number of thiazole rings is 1. The van der Waals surface area contributed by atoms with E-state index in [0.717, 1.165) is 12.5 Å². The average Bonchev–Trinajstić information content (AvgIpc) is 2.76. The van der Waals surface area contributed by atoms with Crippen LogP contribution in [0.15, 0.2) is 11.6 Å². The Morgan fingerprint density at radius 1 is 1.53 bits per heavy atom. The molecule has 0 spiro atoms. The van der Waals surface area contributed by atoms with Gasteiger partial charge in [0.15, 0.2) is 0 Å². The van der Waals surface area contributed by atoms with Gasteiger partial charge in [-0.1, -0.05) is 13.8 Å². The van der Waals surface area contributed by atoms with Gasteiger partial charge in [-0.25, -0.2) is 4.98 Å². The third-order valence-corrected chi connectivity index (χ3v) is 4.46. The van der Waals surface area contributed by atoms with Crippen LogP contribution in [0.3, 0.4) is 0 Å². The normalized spacial score (nSPS) is 31.7. The summed E-state index contributed by atoms with van der Waals surface area (Å²) in [6, 6.07) is 0. The Balaban J connectivity index is 2.18. The number of hydrogen-bond acceptors (Lipinski definition) is 3. The number of nitrogens with zero attached hydrogens (tertiary/aromatic N) is 1. The second kappa shape index (κ2) is 4.62. The third-order valence-electron chi connectivity index (χ3n) is 3.48. The Bertz CT molecular complexity index is 287. The van der Waals surface area contributed by atoms with E-state index < -0.39 is 0 Å². The standard InChI is InChI=1S/C12H20N2S/c1-3-14-12(11-13-8-9-15-11)6-4-10(2)5-7-12/h8-10,14H,3-7H2,1-2H3. The Hall–Kier alpha value is -0.410. The van der Waals surface area contributed by atoms with E-state index in [9.17, 15) is 0 Å². The molecule has 1 saturated carbocycles. The Morgan fingerprint density at radius 3 is 2.80 bits per heavy atom. The van der Waals surface area contributed by atoms with Crippen LogP contribution >= 0.6 is 11.3 Å². The molecule has 1 fully saturated rings. The van der Waals surface area contributed by atoms with Crippen LogP contribution in [0, 0.1) is 5.92 Å². The van der Waals surface area contributed by atoms with Crippen LogP contribution in [0.1, 0.15) is 44.5 Å². The first-order chi connectivity index (χ1) is 7.27. The smallest absolute Gasteiger partial charge is 0.113 e. The number of aromatic nitrogens is 1. The topological polar surface area (TPSA) is 24.9 Å². The van der Waals surface area contributed by atoms with Crippen molar-refractivity contribution in [1.82, 2.24) is 10.3 Å². The molecule has 1 aliphatic carbocycles. The van der Waals surface area contributed by atoms with Crippen LogP contribution in [0.4, 0.5) is 0 Å². The third kappa shape index (κ3) is 2.23. The molecule has 1 heterocycles. The fourth-order valence-corrected chi connectivity index (χ4v) is 3.39. The highest BCUT2D eigenvalue weighted by Crippen LogP contribution is 2.39. The molecule has 3 heteroatoms. The molecule has 0 saturated heterocycles. The predicted molar refractivity (Wildman–Crippen MR) is 65.1 cm³/mol. The van der Waals surface area contributed by atoms with Crippen molar-refractivity contribution in [3.63, 3.8) is 0 Å². The van der Waals surface area contributed by atoms with Crippen molar-refractivity contribution in [3.8, 4) is 0 Å². The average molecular weight is 224 g/mol. The van der Waals surface area contributed by atoms with E-state index in [2.05, 4.69) is 29.5 Å². The summed E-state index contributed by atoms with van der Waals surface area (Å²) in [5, 5.41) is 7.05. The highest BCUT2D eigenvalue weighted by atomic mass is 32.1. The Morgan fingerprint density at radius 2 is 2.27 bits per heavy atom. The van der Waals surface area contributed by atoms with E-state index in [0.29, 0.717) is 0 Å². The minimum Gasteiger partial charge on any atom is -0.306 e. The first-order valence-corrected chi connectivity index (χ1v) is 6.80. The highest BCUT2D eigenvalue weighted by molar-refractivity contribution is 7.09. The lowest BCUT2D eigenvalue weighted by Crippen LogP contribution is -2.44. The van der Waals surface area contributed by atoms with Crippen LogP contribution < -0.4 is 5.32 Å². The second-order valence-corrected chi connectivity index (χ2v) is 5.53. The summed E-state index contributed by atoms with van der Waals surface area (Å²) in [6.45, 7) is 5.58. The zero-order chi connectivity index (χ0) is 10.7. The summed E-state index contributed by atoms with van der Waals surface area (Å²) in [5.74, 6) is 0.886. The van der Waals surface area contributed by atoms with E-state index in [1.807, 2.05) is 6.20 Å². The van der Waals surface area contributed by atoms with Crippen molar-refractivity contribution in [2.24, 2.45) is 5.92 Å². The summed E-state index contributed by atoms with van der Waals surface area (Å²) in [4.78, 5) is 4.51. The van der Waals surface area contributed by atoms with Crippen molar-refractivity contribution < 1.29 is 0 Å². The van der Waals surface area contributed by atoms with E-state index in [1.54, 1.807) is 11.3 Å². The van der Waals surface area contributed by atoms with E-state index >= 15 is 0 Å². The fraction of sp³-hybridized carbons (Fsp3) is 0.750. The summed E-state index contributed by atoms with van der Waals surface area (Å²) in [7, 11) is 0. The molecule has 0 unspecified atom stereocenters. The van der Waals surface area contributed by atoms with Gasteiger partial charge in [-0.3, -0.25) is 0 Å². The molecule has 0 atom stereocenters. The lowest BCUT2D eigenvalue weighted by atomic mass is 9.77. The van der Waals surface area contributed by atoms with Crippen molar-refractivity contribution in [3.05, 3.63) is 16.6 Å². The monoisotopic (exact) mass is 224 g/mol. The van der Waals surface area contributed by atoms with Gasteiger partial charge in [0.25, 0.3) is 0 Å². The van der Waals surface area contributed by atoms with Gasteiger partial charge in [0.1, 0.15) is 5.01 Å². The molecule has 0 aromatic carbocycles. The maximum atomic E-state index is 4.51. The lowest BCUT2D eigenvalue weighted by molar-refractivity contribution is 0.199. The number of rotatable bonds is 3. The summed E-state index contributed by atoms with van der Waals surface area (Å²) < 4.78 is 0. The van der Waals surface area contributed by atoms with Crippen LogP contribution in [-0.4, -0.2) is 11.5 Å². The molecule has 2 nitrogen and oxygen atoms in total. The van der Waals surface area contributed by atoms with Crippen molar-refractivity contribution >= 4 is 11.3 Å². The van der Waals surface area contributed by atoms with Gasteiger partial charge in [0.05, 0.1) is 5.54 Å². The van der Waals surface area contributed by atoms with Crippen molar-refractivity contribution in [2.45, 2.75) is 45.1 Å². The zero-order valence-corrected chi connectivity index (χ0v) is 10.4. The molecular weight excluding hydrogens is 204 g/mol. The fourth-order valence-electron chi connectivity index (χ4n) is 2.52. The first kappa shape index (κ1) is 11.1. The Labute approximate surface area is 96.1 Å². The molecule has 84 valence electrons. The van der Waals surface area contributed by atoms with E-state index in [-0.39, 0.29) is 5.54 Å². The minimum absolute atomic E-state index is 0.190. The molecule has 0 radical (unpaired) electrons. The number of hydrogen-bond donors (Lipinski definition) is 1. The van der Waals surface area contributed by atoms with Gasteiger partial charge < -0.3 is 5.32 Å². The Kier molecular flexibility index (Phi) is 3.42. The van der Waals surface area contributed by atoms with Gasteiger partial charge in [-0.15, -0.1) is 11.3 Å². The molecule has 1 N–H and O–H groups in total. The molecule has 0 amide bonds. The van der Waals surface area contributed by atoms with Gasteiger partial charge in [-0.2, -0.15) is 0 Å². The molecule has 0 aliphatic heterocycles. The summed E-state index contributed by atoms with van der Waals surface area (Å²) in [5.41, 5.74) is 0.190. The lowest BCUT2D eigenvalue weighted by Gasteiger charge is -2.38. The summed E-state index contributed by atoms with van der Waals surface area (Å²) >= 11 is 1.80. The molecule has 1 aromatic heterocycles. The van der Waals surface area contributed by atoms with Crippen LogP contribution in [-0.2, 0) is 5.54 Å². The van der Waals surface area contributed by atoms with E-state index in [1.165, 1.54) is 30.7 Å². The maximum Gasteiger partial charge on any atom is 0.113 e. The highest BCUT2D eigenvalue weighted by Gasteiger charge is 2.36. The van der Waals surface area contributed by atoms with Crippen LogP contribution in [0.5, 0.6) is 0 Å². The first-order valence-electron chi connectivity index (χ1n) is 5.92. The number of nitrogens with one attached hydrogen (secondary N) is 1. The van der Waals surface area contributed by atoms with E-state index in [4.69, 9.17) is 0 Å².